The fourth-order valence-corrected chi connectivity index (χ4v) is 4.32. The minimum atomic E-state index is -0.582. The quantitative estimate of drug-likeness (QED) is 0.0398. The van der Waals surface area contributed by atoms with E-state index < -0.39 is 10.9 Å². The van der Waals surface area contributed by atoms with Crippen LogP contribution in [-0.4, -0.2) is 36.0 Å². The van der Waals surface area contributed by atoms with E-state index in [0.29, 0.717) is 48.2 Å². The SMILES string of the molecule is C=C(C)O/N=C(\CCC)c1ccc(Oc2ccc(/C(CCCOC)=N/OC(C)=O)cc2[N+](=O)[O-])c(CCCCC(C)C)c1. The van der Waals surface area contributed by atoms with Crippen LogP contribution >= 0.6 is 0 Å². The van der Waals surface area contributed by atoms with Crippen molar-refractivity contribution in [2.75, 3.05) is 13.7 Å². The number of allylic oxidation sites excluding steroid dienone is 1. The van der Waals surface area contributed by atoms with Gasteiger partial charge in [0.1, 0.15) is 11.5 Å². The summed E-state index contributed by atoms with van der Waals surface area (Å²) < 4.78 is 11.3. The van der Waals surface area contributed by atoms with Gasteiger partial charge >= 0.3 is 11.7 Å². The largest absolute Gasteiger partial charge is 0.450 e. The molecule has 2 aromatic rings. The molecule has 0 saturated heterocycles. The predicted molar refractivity (Wildman–Crippen MR) is 169 cm³/mol. The van der Waals surface area contributed by atoms with Crippen molar-refractivity contribution in [2.45, 2.75) is 86.0 Å². The van der Waals surface area contributed by atoms with E-state index in [1.165, 1.54) is 13.0 Å². The average molecular weight is 596 g/mol. The summed E-state index contributed by atoms with van der Waals surface area (Å²) in [5.74, 6) is 1.16. The number of hydrogen-bond donors (Lipinski definition) is 0. The molecule has 234 valence electrons. The Bertz CT molecular complexity index is 1300. The first kappa shape index (κ1) is 35.1. The number of nitro benzene ring substituents is 1. The number of rotatable bonds is 19. The van der Waals surface area contributed by atoms with Gasteiger partial charge in [-0.2, -0.15) is 0 Å². The lowest BCUT2D eigenvalue weighted by Crippen LogP contribution is -2.07. The second-order valence-corrected chi connectivity index (χ2v) is 10.8. The summed E-state index contributed by atoms with van der Waals surface area (Å²) in [5.41, 5.74) is 3.26. The number of unbranched alkanes of at least 4 members (excludes halogenated alkanes) is 1. The highest BCUT2D eigenvalue weighted by Gasteiger charge is 2.21. The number of oxime groups is 2. The zero-order valence-corrected chi connectivity index (χ0v) is 26.3. The predicted octanol–water partition coefficient (Wildman–Crippen LogP) is 8.50. The Hall–Kier alpha value is -4.05. The molecule has 0 bridgehead atoms. The number of carbonyl (C=O) groups is 1. The van der Waals surface area contributed by atoms with Crippen LogP contribution in [0.5, 0.6) is 11.5 Å². The van der Waals surface area contributed by atoms with Gasteiger partial charge < -0.3 is 19.1 Å². The summed E-state index contributed by atoms with van der Waals surface area (Å²) in [6, 6.07) is 10.4. The van der Waals surface area contributed by atoms with Crippen molar-refractivity contribution < 1.29 is 28.9 Å². The lowest BCUT2D eigenvalue weighted by atomic mass is 9.98. The molecule has 10 heteroatoms. The van der Waals surface area contributed by atoms with Gasteiger partial charge in [-0.3, -0.25) is 10.1 Å². The van der Waals surface area contributed by atoms with Gasteiger partial charge in [0.05, 0.1) is 16.3 Å². The molecule has 0 unspecified atom stereocenters. The van der Waals surface area contributed by atoms with Gasteiger partial charge in [0.15, 0.2) is 0 Å². The third-order valence-corrected chi connectivity index (χ3v) is 6.42. The molecule has 0 aliphatic rings. The topological polar surface area (TPSA) is 122 Å². The Morgan fingerprint density at radius 1 is 0.953 bits per heavy atom. The molecule has 0 aliphatic carbocycles. The Balaban J connectivity index is 2.50. The first-order valence-corrected chi connectivity index (χ1v) is 14.8. The minimum Gasteiger partial charge on any atom is -0.450 e. The highest BCUT2D eigenvalue weighted by Crippen LogP contribution is 2.35. The van der Waals surface area contributed by atoms with Gasteiger partial charge in [0, 0.05) is 32.3 Å². The second-order valence-electron chi connectivity index (χ2n) is 10.8. The number of nitro groups is 1. The van der Waals surface area contributed by atoms with E-state index in [1.54, 1.807) is 26.2 Å². The van der Waals surface area contributed by atoms with Crippen LogP contribution in [0.2, 0.25) is 0 Å². The molecule has 0 amide bonds. The summed E-state index contributed by atoms with van der Waals surface area (Å²) in [6.45, 7) is 13.7. The van der Waals surface area contributed by atoms with Crippen molar-refractivity contribution >= 4 is 23.1 Å². The van der Waals surface area contributed by atoms with Crippen molar-refractivity contribution in [3.8, 4) is 11.5 Å². The molecule has 43 heavy (non-hydrogen) atoms. The van der Waals surface area contributed by atoms with Gasteiger partial charge in [-0.05, 0) is 86.4 Å². The van der Waals surface area contributed by atoms with Crippen LogP contribution in [0.4, 0.5) is 5.69 Å². The first-order chi connectivity index (χ1) is 20.5. The van der Waals surface area contributed by atoms with Crippen molar-refractivity contribution in [1.82, 2.24) is 0 Å². The highest BCUT2D eigenvalue weighted by molar-refractivity contribution is 6.01. The van der Waals surface area contributed by atoms with Gasteiger partial charge in [0.2, 0.25) is 5.75 Å². The van der Waals surface area contributed by atoms with Crippen LogP contribution in [-0.2, 0) is 25.6 Å². The normalized spacial score (nSPS) is 11.9. The van der Waals surface area contributed by atoms with E-state index in [-0.39, 0.29) is 11.4 Å². The monoisotopic (exact) mass is 595 g/mol. The van der Waals surface area contributed by atoms with Gasteiger partial charge in [-0.25, -0.2) is 4.79 Å². The Morgan fingerprint density at radius 3 is 2.21 bits per heavy atom. The maximum Gasteiger partial charge on any atom is 0.331 e. The third-order valence-electron chi connectivity index (χ3n) is 6.42. The molecule has 0 fully saturated rings. The maximum atomic E-state index is 12.2. The molecule has 0 aromatic heterocycles. The zero-order chi connectivity index (χ0) is 31.8. The number of nitrogens with zero attached hydrogens (tertiary/aromatic N) is 3. The van der Waals surface area contributed by atoms with E-state index in [2.05, 4.69) is 37.7 Å². The number of carbonyl (C=O) groups excluding carboxylic acids is 1. The summed E-state index contributed by atoms with van der Waals surface area (Å²) >= 11 is 0. The smallest absolute Gasteiger partial charge is 0.331 e. The molecule has 0 radical (unpaired) electrons. The van der Waals surface area contributed by atoms with Gasteiger partial charge in [-0.1, -0.05) is 56.9 Å². The van der Waals surface area contributed by atoms with E-state index in [4.69, 9.17) is 19.1 Å². The van der Waals surface area contributed by atoms with Gasteiger partial charge in [0.25, 0.3) is 0 Å². The minimum absolute atomic E-state index is 0.0988. The fraction of sp³-hybridized carbons (Fsp3) is 0.485. The third kappa shape index (κ3) is 12.4. The Morgan fingerprint density at radius 2 is 1.60 bits per heavy atom. The van der Waals surface area contributed by atoms with E-state index in [0.717, 1.165) is 55.4 Å². The van der Waals surface area contributed by atoms with Crippen LogP contribution in [0.3, 0.4) is 0 Å². The lowest BCUT2D eigenvalue weighted by Gasteiger charge is -2.15. The van der Waals surface area contributed by atoms with Crippen LogP contribution in [0.15, 0.2) is 59.0 Å². The molecule has 2 rings (SSSR count). The van der Waals surface area contributed by atoms with Crippen LogP contribution in [0.25, 0.3) is 0 Å². The Labute approximate surface area is 254 Å². The van der Waals surface area contributed by atoms with Crippen molar-refractivity contribution in [1.29, 1.82) is 0 Å². The molecule has 0 saturated carbocycles. The molecule has 0 spiro atoms. The van der Waals surface area contributed by atoms with Crippen LogP contribution in [0, 0.1) is 16.0 Å². The number of ether oxygens (including phenoxy) is 2. The number of methoxy groups -OCH3 is 1. The number of benzene rings is 2. The zero-order valence-electron chi connectivity index (χ0n) is 26.3. The molecule has 0 atom stereocenters. The first-order valence-electron chi connectivity index (χ1n) is 14.8. The molecule has 2 aromatic carbocycles. The molecule has 0 heterocycles. The lowest BCUT2D eigenvalue weighted by molar-refractivity contribution is -0.385. The number of hydrogen-bond acceptors (Lipinski definition) is 9. The summed E-state index contributed by atoms with van der Waals surface area (Å²) in [5, 5.41) is 20.4. The summed E-state index contributed by atoms with van der Waals surface area (Å²) in [7, 11) is 1.58. The van der Waals surface area contributed by atoms with Crippen LogP contribution < -0.4 is 4.74 Å². The van der Waals surface area contributed by atoms with E-state index in [9.17, 15) is 14.9 Å². The maximum absolute atomic E-state index is 12.2. The van der Waals surface area contributed by atoms with Crippen LogP contribution in [0.1, 0.15) is 96.3 Å². The summed E-state index contributed by atoms with van der Waals surface area (Å²) in [4.78, 5) is 33.3. The van der Waals surface area contributed by atoms with E-state index >= 15 is 0 Å². The second kappa shape index (κ2) is 18.5. The summed E-state index contributed by atoms with van der Waals surface area (Å²) in [6.07, 6.45) is 6.44. The molecule has 0 N–H and O–H groups in total. The Kier molecular flexibility index (Phi) is 15.1. The fourth-order valence-electron chi connectivity index (χ4n) is 4.32. The molecular formula is C33H45N3O7. The number of aryl methyl sites for hydroxylation is 1. The average Bonchev–Trinajstić information content (AvgIpc) is 2.95. The molecular weight excluding hydrogens is 550 g/mol. The van der Waals surface area contributed by atoms with Crippen molar-refractivity contribution in [3.05, 3.63) is 75.5 Å². The molecule has 0 aliphatic heterocycles. The van der Waals surface area contributed by atoms with E-state index in [1.807, 2.05) is 18.2 Å². The van der Waals surface area contributed by atoms with Crippen molar-refractivity contribution in [2.24, 2.45) is 16.2 Å². The van der Waals surface area contributed by atoms with Gasteiger partial charge in [-0.15, -0.1) is 0 Å². The van der Waals surface area contributed by atoms with Crippen molar-refractivity contribution in [3.63, 3.8) is 0 Å². The highest BCUT2D eigenvalue weighted by atomic mass is 16.7. The molecule has 10 nitrogen and oxygen atoms in total. The standard InChI is InChI=1S/C33H45N3O7/c1-8-12-29(34-42-24(4)5)26-16-18-32(28(21-26)14-10-9-13-23(2)3)41-33-19-17-27(22-31(33)36(38)39)30(15-11-20-40-7)35-43-25(6)37/h16-19,21-23H,4,8-15,20H2,1-3,5-7H3/b34-29+,35-30+.